The van der Waals surface area contributed by atoms with E-state index in [4.69, 9.17) is 37.3 Å². The Morgan fingerprint density at radius 2 is 1.08 bits per heavy atom. The van der Waals surface area contributed by atoms with E-state index < -0.39 is 155 Å². The first-order valence-corrected chi connectivity index (χ1v) is 38.2. The van der Waals surface area contributed by atoms with Crippen molar-refractivity contribution in [3.63, 3.8) is 0 Å². The highest BCUT2D eigenvalue weighted by Gasteiger charge is 2.46. The second-order valence-corrected chi connectivity index (χ2v) is 34.0. The summed E-state index contributed by atoms with van der Waals surface area (Å²) in [6.07, 6.45) is 3.18. The Hall–Kier alpha value is -8.85. The van der Waals surface area contributed by atoms with Crippen molar-refractivity contribution in [1.29, 1.82) is 0 Å². The molecule has 0 radical (unpaired) electrons. The van der Waals surface area contributed by atoms with Gasteiger partial charge in [0, 0.05) is 23.7 Å². The number of thiophene rings is 2. The number of sulfonamides is 2. The minimum Gasteiger partial charge on any atom is -0.444 e. The third kappa shape index (κ3) is 14.5. The Bertz CT molecular complexity index is 5380. The number of oxazole rings is 2. The highest BCUT2D eigenvalue weighted by atomic mass is 32.2. The zero-order valence-corrected chi connectivity index (χ0v) is 61.2. The molecule has 0 aliphatic carbocycles. The summed E-state index contributed by atoms with van der Waals surface area (Å²) in [4.78, 5) is 103. The van der Waals surface area contributed by atoms with Gasteiger partial charge in [0.1, 0.15) is 68.1 Å². The summed E-state index contributed by atoms with van der Waals surface area (Å²) < 4.78 is 196. The second-order valence-electron chi connectivity index (χ2n) is 28.1. The van der Waals surface area contributed by atoms with Crippen LogP contribution >= 0.6 is 22.7 Å². The summed E-state index contributed by atoms with van der Waals surface area (Å²) in [5.74, 6) is -5.98. The fourth-order valence-corrected chi connectivity index (χ4v) is 18.8. The predicted molar refractivity (Wildman–Crippen MR) is 370 cm³/mol. The Kier molecular flexibility index (Phi) is 20.4. The number of carbonyl (C=O) groups is 2. The number of alkyl halides is 4. The maximum Gasteiger partial charge on any atom is 0.387 e. The number of hydrogen-bond acceptors (Lipinski definition) is 23. The number of aromatic nitrogens is 7. The summed E-state index contributed by atoms with van der Waals surface area (Å²) >= 11 is 1.62. The third-order valence-electron chi connectivity index (χ3n) is 19.7. The number of benzene rings is 2. The van der Waals surface area contributed by atoms with Crippen molar-refractivity contribution in [2.45, 2.75) is 209 Å². The first-order valence-electron chi connectivity index (χ1n) is 33.6. The van der Waals surface area contributed by atoms with Crippen LogP contribution in [0.15, 0.2) is 112 Å². The van der Waals surface area contributed by atoms with Crippen molar-refractivity contribution in [3.8, 4) is 33.0 Å². The number of carbonyl (C=O) groups excluding carboxylic acids is 2. The molecule has 2 aromatic carbocycles. The molecule has 2 N–H and O–H groups in total. The standard InChI is InChI=1S/C69H71F6N9O18S4/c1-33-51-57(85)84(66(90)81(59(51)103-53(33)55-77-21-22-95-55)31-48(98-41-25-37-14-15-38(26-41)96-37)44-23-35(70)12-18-46(44)101-63(72)73)69(7,8)62(88)80-106(93,94)67(3,4)29-43-30-78-56(100-43)54-34(2)52-58(86)83(68(5,6)61(87)79-105(91,92)50-11-9-10-20-76-50)65(89)82(60(52)104-54)32-49(99-42-27-39-16-17-40(28-42)97-39)45-24-36(71)13-19-47(45)102-64(74)75/h9-13,18-24,30,37-42,48-49,63-64H,14-17,25-29,31-32H2,1-8H3,(H,79,87)(H,80,88)/t37-,38?,39-,40+,41-,42-,48-,49-/m0/s1. The first kappa shape index (κ1) is 75.4. The molecule has 4 aliphatic rings. The minimum atomic E-state index is -4.99. The van der Waals surface area contributed by atoms with Crippen molar-refractivity contribution in [3.05, 3.63) is 161 Å². The monoisotopic (exact) mass is 1560 g/mol. The van der Waals surface area contributed by atoms with Crippen LogP contribution in [0.25, 0.3) is 42.0 Å². The number of ether oxygens (including phenoxy) is 6. The number of pyridine rings is 1. The fraction of sp³-hybridized carbons (Fsp3) is 0.464. The largest absolute Gasteiger partial charge is 0.444 e. The van der Waals surface area contributed by atoms with Crippen LogP contribution < -0.4 is 41.4 Å². The summed E-state index contributed by atoms with van der Waals surface area (Å²) in [6.45, 7) is 1.67. The smallest absolute Gasteiger partial charge is 0.387 e. The molecule has 9 aromatic rings. The van der Waals surface area contributed by atoms with Gasteiger partial charge in [-0.3, -0.25) is 33.0 Å². The highest BCUT2D eigenvalue weighted by Crippen LogP contribution is 2.44. The van der Waals surface area contributed by atoms with E-state index in [1.165, 1.54) is 52.3 Å². The van der Waals surface area contributed by atoms with E-state index in [1.54, 1.807) is 0 Å². The fourth-order valence-electron chi connectivity index (χ4n) is 14.2. The van der Waals surface area contributed by atoms with E-state index in [-0.39, 0.29) is 94.4 Å². The molecule has 106 heavy (non-hydrogen) atoms. The van der Waals surface area contributed by atoms with E-state index >= 15 is 28.0 Å². The van der Waals surface area contributed by atoms with Gasteiger partial charge in [-0.1, -0.05) is 6.07 Å². The number of halogens is 6. The molecule has 27 nitrogen and oxygen atoms in total. The van der Waals surface area contributed by atoms with Gasteiger partial charge in [0.2, 0.25) is 21.8 Å². The quantitative estimate of drug-likeness (QED) is 0.0476. The molecule has 4 saturated heterocycles. The normalized spacial score (nSPS) is 19.9. The first-order chi connectivity index (χ1) is 50.0. The number of amides is 2. The topological polar surface area (TPSA) is 335 Å². The van der Waals surface area contributed by atoms with Crippen LogP contribution in [0, 0.1) is 25.5 Å². The van der Waals surface area contributed by atoms with Gasteiger partial charge in [0.15, 0.2) is 5.03 Å². The van der Waals surface area contributed by atoms with Crippen LogP contribution in [-0.2, 0) is 79.2 Å². The molecule has 7 aromatic heterocycles. The molecule has 1 unspecified atom stereocenters. The lowest BCUT2D eigenvalue weighted by atomic mass is 10.0. The molecular formula is C69H71F6N9O18S4. The predicted octanol–water partition coefficient (Wildman–Crippen LogP) is 9.94. The molecule has 4 aliphatic heterocycles. The highest BCUT2D eigenvalue weighted by molar-refractivity contribution is 7.91. The van der Waals surface area contributed by atoms with Gasteiger partial charge in [-0.05, 0) is 166 Å². The van der Waals surface area contributed by atoms with Crippen molar-refractivity contribution >= 4 is 75.0 Å². The molecule has 0 spiro atoms. The summed E-state index contributed by atoms with van der Waals surface area (Å²) in [5.41, 5.74) is -9.76. The molecule has 37 heteroatoms. The van der Waals surface area contributed by atoms with Gasteiger partial charge in [-0.25, -0.2) is 55.6 Å². The number of rotatable bonds is 26. The molecule has 8 atom stereocenters. The average molecular weight is 1560 g/mol. The van der Waals surface area contributed by atoms with E-state index in [0.29, 0.717) is 60.5 Å². The van der Waals surface area contributed by atoms with Crippen LogP contribution in [0.4, 0.5) is 26.3 Å². The molecule has 566 valence electrons. The summed E-state index contributed by atoms with van der Waals surface area (Å²) in [6, 6.07) is 9.38. The molecule has 0 saturated carbocycles. The molecule has 13 rings (SSSR count). The average Bonchev–Trinajstić information content (AvgIpc) is 1.50. The lowest BCUT2D eigenvalue weighted by molar-refractivity contribution is -0.127. The summed E-state index contributed by atoms with van der Waals surface area (Å²) in [5, 5.41) is -1.02. The lowest BCUT2D eigenvalue weighted by Crippen LogP contribution is -2.58. The maximum atomic E-state index is 15.5. The Labute approximate surface area is 607 Å². The molecule has 11 heterocycles. The Morgan fingerprint density at radius 3 is 1.52 bits per heavy atom. The van der Waals surface area contributed by atoms with E-state index in [0.717, 1.165) is 114 Å². The molecule has 4 fully saturated rings. The van der Waals surface area contributed by atoms with Crippen molar-refractivity contribution in [2.75, 3.05) is 0 Å². The van der Waals surface area contributed by atoms with Crippen LogP contribution in [0.5, 0.6) is 11.5 Å². The Morgan fingerprint density at radius 1 is 0.623 bits per heavy atom. The second kappa shape index (κ2) is 28.7. The Balaban J connectivity index is 0.850. The zero-order chi connectivity index (χ0) is 76.0. The number of fused-ring (bicyclic) bond motifs is 6. The van der Waals surface area contributed by atoms with Crippen LogP contribution in [0.1, 0.15) is 133 Å². The number of nitrogens with one attached hydrogen (secondary N) is 2. The van der Waals surface area contributed by atoms with Gasteiger partial charge in [0.25, 0.3) is 33.0 Å². The maximum absolute atomic E-state index is 15.5. The third-order valence-corrected chi connectivity index (χ3v) is 25.6. The van der Waals surface area contributed by atoms with Crippen LogP contribution in [-0.4, -0.2) is 116 Å². The number of hydrogen-bond donors (Lipinski definition) is 2. The zero-order valence-electron chi connectivity index (χ0n) is 57.9. The van der Waals surface area contributed by atoms with Gasteiger partial charge >= 0.3 is 24.6 Å². The molecular weight excluding hydrogens is 1490 g/mol. The van der Waals surface area contributed by atoms with Crippen molar-refractivity contribution in [1.82, 2.24) is 42.7 Å². The van der Waals surface area contributed by atoms with Gasteiger partial charge < -0.3 is 37.3 Å². The minimum absolute atomic E-state index is 0.0265. The van der Waals surface area contributed by atoms with Crippen LogP contribution in [0.2, 0.25) is 0 Å². The molecule has 2 amide bonds. The van der Waals surface area contributed by atoms with Gasteiger partial charge in [-0.15, -0.1) is 22.7 Å². The van der Waals surface area contributed by atoms with E-state index in [9.17, 15) is 44.0 Å². The SMILES string of the molecule is Cc1c(-c2ncco2)sc2c1c(=O)n(C(C)(C)C(=O)NS(=O)(=O)C(C)(C)Cc1cnc(-c3sc4c(c3C)c(=O)n(C(C)(C)C(=O)NS(=O)(=O)c3ccccn3)c(=O)n4C[C@H](O[C@@H]3C[C@H]4CC[C@@H](C3)O4)c3cc(F)ccc3OC(F)F)o1)c(=O)n2C[C@H](O[C@@H]1CC2CC[C@@H](C1)O2)c1cc(F)ccc1OC(F)F. The lowest BCUT2D eigenvalue weighted by Gasteiger charge is -2.33. The van der Waals surface area contributed by atoms with Crippen molar-refractivity contribution < 1.29 is 90.0 Å². The van der Waals surface area contributed by atoms with Crippen LogP contribution in [0.3, 0.4) is 0 Å². The van der Waals surface area contributed by atoms with E-state index in [1.807, 2.05) is 4.72 Å². The van der Waals surface area contributed by atoms with Crippen molar-refractivity contribution in [2.24, 2.45) is 0 Å². The number of aryl methyl sites for hydroxylation is 2. The molecule has 4 bridgehead atoms. The number of nitrogens with zero attached hydrogens (tertiary/aromatic N) is 7. The van der Waals surface area contributed by atoms with Gasteiger partial charge in [0.05, 0.1) is 87.4 Å². The van der Waals surface area contributed by atoms with Gasteiger partial charge in [-0.2, -0.15) is 26.0 Å². The van der Waals surface area contributed by atoms with E-state index in [2.05, 4.69) is 19.7 Å². The summed E-state index contributed by atoms with van der Waals surface area (Å²) in [7, 11) is -9.75.